The summed E-state index contributed by atoms with van der Waals surface area (Å²) in [7, 11) is 0. The zero-order valence-electron chi connectivity index (χ0n) is 11.4. The first-order valence-corrected chi connectivity index (χ1v) is 6.25. The number of alkyl halides is 3. The molecule has 0 bridgehead atoms. The summed E-state index contributed by atoms with van der Waals surface area (Å²) in [5.74, 6) is -2.16. The summed E-state index contributed by atoms with van der Waals surface area (Å²) >= 11 is 0. The number of phenolic OH excluding ortho intramolecular Hbond substituents is 1. The van der Waals surface area contributed by atoms with E-state index in [1.165, 1.54) is 18.2 Å². The monoisotopic (exact) mass is 326 g/mol. The molecule has 0 saturated heterocycles. The molecular weight excluding hydrogens is 316 g/mol. The van der Waals surface area contributed by atoms with Crippen molar-refractivity contribution in [3.8, 4) is 17.6 Å². The van der Waals surface area contributed by atoms with Crippen LogP contribution in [0, 0.1) is 17.1 Å². The minimum Gasteiger partial charge on any atom is -0.505 e. The Hall–Kier alpha value is -2.79. The van der Waals surface area contributed by atoms with Crippen molar-refractivity contribution < 1.29 is 27.4 Å². The smallest absolute Gasteiger partial charge is 0.505 e. The van der Waals surface area contributed by atoms with Crippen molar-refractivity contribution in [1.29, 1.82) is 5.26 Å². The van der Waals surface area contributed by atoms with Gasteiger partial charge in [0, 0.05) is 5.56 Å². The minimum absolute atomic E-state index is 0.0391. The van der Waals surface area contributed by atoms with Gasteiger partial charge in [0.2, 0.25) is 0 Å². The topological polar surface area (TPSA) is 79.3 Å². The molecule has 0 aromatic heterocycles. The highest BCUT2D eigenvalue weighted by Crippen LogP contribution is 2.32. The van der Waals surface area contributed by atoms with Crippen molar-refractivity contribution in [2.45, 2.75) is 12.4 Å². The number of hydrogen-bond acceptors (Lipinski definition) is 4. The maximum absolute atomic E-state index is 13.6. The van der Waals surface area contributed by atoms with Gasteiger partial charge in [-0.05, 0) is 29.8 Å². The number of halogens is 4. The fourth-order valence-corrected chi connectivity index (χ4v) is 1.98. The minimum atomic E-state index is -4.81. The molecule has 2 rings (SSSR count). The lowest BCUT2D eigenvalue weighted by Crippen LogP contribution is -2.17. The average molecular weight is 326 g/mol. The van der Waals surface area contributed by atoms with E-state index in [0.29, 0.717) is 5.56 Å². The van der Waals surface area contributed by atoms with E-state index in [4.69, 9.17) is 11.0 Å². The molecule has 3 N–H and O–H groups in total. The molecule has 2 aromatic carbocycles. The summed E-state index contributed by atoms with van der Waals surface area (Å²) in [6.45, 7) is 0. The summed E-state index contributed by atoms with van der Waals surface area (Å²) in [6.07, 6.45) is -4.81. The van der Waals surface area contributed by atoms with Crippen LogP contribution in [0.3, 0.4) is 0 Å². The largest absolute Gasteiger partial charge is 0.573 e. The van der Waals surface area contributed by atoms with E-state index in [0.717, 1.165) is 18.2 Å². The number of nitrogens with zero attached hydrogens (tertiary/aromatic N) is 1. The number of aromatic hydroxyl groups is 1. The lowest BCUT2D eigenvalue weighted by atomic mass is 9.97. The van der Waals surface area contributed by atoms with Crippen LogP contribution in [-0.2, 0) is 0 Å². The number of ether oxygens (including phenoxy) is 1. The molecule has 4 nitrogen and oxygen atoms in total. The van der Waals surface area contributed by atoms with Crippen LogP contribution < -0.4 is 10.5 Å². The fraction of sp³-hybridized carbons (Fsp3) is 0.133. The van der Waals surface area contributed by atoms with Gasteiger partial charge < -0.3 is 15.6 Å². The summed E-state index contributed by atoms with van der Waals surface area (Å²) in [6, 6.07) is 7.36. The Morgan fingerprint density at radius 2 is 1.78 bits per heavy atom. The second kappa shape index (κ2) is 6.14. The van der Waals surface area contributed by atoms with Crippen molar-refractivity contribution in [3.63, 3.8) is 0 Å². The molecule has 0 saturated carbocycles. The normalized spacial score (nSPS) is 12.5. The zero-order valence-corrected chi connectivity index (χ0v) is 11.4. The average Bonchev–Trinajstić information content (AvgIpc) is 2.48. The van der Waals surface area contributed by atoms with Gasteiger partial charge in [0.25, 0.3) is 0 Å². The maximum atomic E-state index is 13.6. The molecule has 0 radical (unpaired) electrons. The Morgan fingerprint density at radius 3 is 2.30 bits per heavy atom. The van der Waals surface area contributed by atoms with Gasteiger partial charge in [-0.2, -0.15) is 5.26 Å². The standard InChI is InChI=1S/C15H10F4N2O2/c16-12-6-8(7-20)5-11(14(12)22)13(21)9-1-3-10(4-2-9)23-15(17,18)19/h1-6,13,22H,21H2/t13-/m1/s1. The third-order valence-corrected chi connectivity index (χ3v) is 3.03. The number of phenols is 1. The Labute approximate surface area is 128 Å². The predicted octanol–water partition coefficient (Wildman–Crippen LogP) is 3.35. The van der Waals surface area contributed by atoms with E-state index < -0.39 is 29.7 Å². The van der Waals surface area contributed by atoms with Gasteiger partial charge in [0.1, 0.15) is 5.75 Å². The van der Waals surface area contributed by atoms with Gasteiger partial charge in [-0.15, -0.1) is 13.2 Å². The summed E-state index contributed by atoms with van der Waals surface area (Å²) in [5.41, 5.74) is 6.11. The van der Waals surface area contributed by atoms with Crippen LogP contribution >= 0.6 is 0 Å². The van der Waals surface area contributed by atoms with E-state index in [-0.39, 0.29) is 11.1 Å². The summed E-state index contributed by atoms with van der Waals surface area (Å²) < 4.78 is 53.6. The van der Waals surface area contributed by atoms with Crippen LogP contribution in [0.15, 0.2) is 36.4 Å². The Balaban J connectivity index is 2.33. The van der Waals surface area contributed by atoms with Crippen molar-refractivity contribution in [2.75, 3.05) is 0 Å². The molecule has 2 aromatic rings. The number of rotatable bonds is 3. The second-order valence-corrected chi connectivity index (χ2v) is 4.60. The second-order valence-electron chi connectivity index (χ2n) is 4.60. The van der Waals surface area contributed by atoms with Crippen LogP contribution in [0.25, 0.3) is 0 Å². The van der Waals surface area contributed by atoms with E-state index in [1.54, 1.807) is 6.07 Å². The fourth-order valence-electron chi connectivity index (χ4n) is 1.98. The number of benzene rings is 2. The lowest BCUT2D eigenvalue weighted by Gasteiger charge is -2.16. The molecule has 120 valence electrons. The van der Waals surface area contributed by atoms with Crippen molar-refractivity contribution in [2.24, 2.45) is 5.73 Å². The molecule has 0 aliphatic rings. The van der Waals surface area contributed by atoms with Gasteiger partial charge >= 0.3 is 6.36 Å². The highest BCUT2D eigenvalue weighted by atomic mass is 19.4. The van der Waals surface area contributed by atoms with Crippen molar-refractivity contribution in [1.82, 2.24) is 0 Å². The molecule has 0 amide bonds. The molecule has 1 atom stereocenters. The first kappa shape index (κ1) is 16.6. The van der Waals surface area contributed by atoms with Gasteiger partial charge in [-0.1, -0.05) is 12.1 Å². The highest BCUT2D eigenvalue weighted by Gasteiger charge is 2.31. The van der Waals surface area contributed by atoms with Crippen molar-refractivity contribution >= 4 is 0 Å². The highest BCUT2D eigenvalue weighted by molar-refractivity contribution is 5.47. The van der Waals surface area contributed by atoms with E-state index in [9.17, 15) is 22.7 Å². The van der Waals surface area contributed by atoms with E-state index >= 15 is 0 Å². The molecule has 0 aliphatic carbocycles. The predicted molar refractivity (Wildman–Crippen MR) is 71.9 cm³/mol. The van der Waals surface area contributed by atoms with Crippen LogP contribution in [0.1, 0.15) is 22.7 Å². The zero-order chi connectivity index (χ0) is 17.2. The number of nitrogens with two attached hydrogens (primary N) is 1. The lowest BCUT2D eigenvalue weighted by molar-refractivity contribution is -0.274. The molecule has 23 heavy (non-hydrogen) atoms. The SMILES string of the molecule is N#Cc1cc(F)c(O)c([C@H](N)c2ccc(OC(F)(F)F)cc2)c1. The summed E-state index contributed by atoms with van der Waals surface area (Å²) in [4.78, 5) is 0. The number of hydrogen-bond donors (Lipinski definition) is 2. The Kier molecular flexibility index (Phi) is 4.43. The van der Waals surface area contributed by atoms with Crippen LogP contribution in [-0.4, -0.2) is 11.5 Å². The van der Waals surface area contributed by atoms with Crippen LogP contribution in [0.4, 0.5) is 17.6 Å². The van der Waals surface area contributed by atoms with Crippen LogP contribution in [0.2, 0.25) is 0 Å². The van der Waals surface area contributed by atoms with E-state index in [2.05, 4.69) is 4.74 Å². The van der Waals surface area contributed by atoms with Gasteiger partial charge in [-0.25, -0.2) is 4.39 Å². The molecule has 0 aliphatic heterocycles. The maximum Gasteiger partial charge on any atom is 0.573 e. The molecule has 0 fully saturated rings. The van der Waals surface area contributed by atoms with Gasteiger partial charge in [0.15, 0.2) is 11.6 Å². The summed E-state index contributed by atoms with van der Waals surface area (Å²) in [5, 5.41) is 18.5. The first-order chi connectivity index (χ1) is 10.7. The van der Waals surface area contributed by atoms with E-state index in [1.807, 2.05) is 0 Å². The Morgan fingerprint density at radius 1 is 1.17 bits per heavy atom. The molecular formula is C15H10F4N2O2. The van der Waals surface area contributed by atoms with Crippen molar-refractivity contribution in [3.05, 3.63) is 58.9 Å². The third kappa shape index (κ3) is 3.90. The molecule has 8 heteroatoms. The molecule has 0 heterocycles. The van der Waals surface area contributed by atoms with Gasteiger partial charge in [-0.3, -0.25) is 0 Å². The number of nitriles is 1. The quantitative estimate of drug-likeness (QED) is 0.848. The third-order valence-electron chi connectivity index (χ3n) is 3.03. The molecule has 0 spiro atoms. The molecule has 0 unspecified atom stereocenters. The van der Waals surface area contributed by atoms with Crippen LogP contribution in [0.5, 0.6) is 11.5 Å². The van der Waals surface area contributed by atoms with Gasteiger partial charge in [0.05, 0.1) is 17.7 Å². The Bertz CT molecular complexity index is 752. The first-order valence-electron chi connectivity index (χ1n) is 6.25.